The summed E-state index contributed by atoms with van der Waals surface area (Å²) in [6.45, 7) is 5.25. The normalized spacial score (nSPS) is 12.7. The fourth-order valence-electron chi connectivity index (χ4n) is 1.88. The number of benzene rings is 1. The monoisotopic (exact) mass is 395 g/mol. The third-order valence-corrected chi connectivity index (χ3v) is 4.44. The van der Waals surface area contributed by atoms with Gasteiger partial charge >= 0.3 is 0 Å². The molecule has 0 aliphatic rings. The molecule has 9 heteroatoms. The van der Waals surface area contributed by atoms with E-state index in [4.69, 9.17) is 10.7 Å². The van der Waals surface area contributed by atoms with Crippen LogP contribution in [-0.2, 0) is 14.6 Å². The zero-order valence-corrected chi connectivity index (χ0v) is 14.6. The molecule has 5 nitrogen and oxygen atoms in total. The van der Waals surface area contributed by atoms with Gasteiger partial charge in [0, 0.05) is 16.2 Å². The van der Waals surface area contributed by atoms with Gasteiger partial charge in [0.15, 0.2) is 5.82 Å². The Labute approximate surface area is 134 Å². The highest BCUT2D eigenvalue weighted by Crippen LogP contribution is 2.32. The molecule has 2 aromatic rings. The van der Waals surface area contributed by atoms with E-state index in [9.17, 15) is 12.8 Å². The van der Waals surface area contributed by atoms with Gasteiger partial charge in [0.2, 0.25) is 0 Å². The van der Waals surface area contributed by atoms with Gasteiger partial charge in [-0.2, -0.15) is 0 Å². The van der Waals surface area contributed by atoms with Crippen LogP contribution in [0, 0.1) is 5.82 Å². The van der Waals surface area contributed by atoms with Crippen molar-refractivity contribution in [2.45, 2.75) is 31.5 Å². The molecule has 1 aromatic heterocycles. The van der Waals surface area contributed by atoms with Crippen LogP contribution in [0.2, 0.25) is 0 Å². The molecule has 0 aliphatic carbocycles. The van der Waals surface area contributed by atoms with Gasteiger partial charge in [-0.1, -0.05) is 6.07 Å². The molecule has 0 amide bonds. The summed E-state index contributed by atoms with van der Waals surface area (Å²) in [5, 5.41) is 7.01. The zero-order valence-electron chi connectivity index (χ0n) is 11.4. The van der Waals surface area contributed by atoms with Crippen molar-refractivity contribution >= 4 is 35.7 Å². The van der Waals surface area contributed by atoms with Crippen LogP contribution in [0.15, 0.2) is 27.8 Å². The Hall–Kier alpha value is -0.990. The Kier molecular flexibility index (Phi) is 4.16. The van der Waals surface area contributed by atoms with E-state index in [2.05, 4.69) is 26.1 Å². The average molecular weight is 397 g/mol. The molecule has 2 rings (SSSR count). The van der Waals surface area contributed by atoms with Gasteiger partial charge in [-0.25, -0.2) is 12.8 Å². The first-order chi connectivity index (χ1) is 9.53. The maximum atomic E-state index is 14.3. The third-order valence-electron chi connectivity index (χ3n) is 2.71. The Morgan fingerprint density at radius 2 is 1.90 bits per heavy atom. The smallest absolute Gasteiger partial charge is 0.291 e. The van der Waals surface area contributed by atoms with Crippen molar-refractivity contribution in [3.63, 3.8) is 0 Å². The van der Waals surface area contributed by atoms with Gasteiger partial charge in [0.25, 0.3) is 14.2 Å². The number of halogens is 3. The Morgan fingerprint density at radius 1 is 1.29 bits per heavy atom. The fourth-order valence-corrected chi connectivity index (χ4v) is 3.27. The molecule has 21 heavy (non-hydrogen) atoms. The molecule has 1 aromatic carbocycles. The van der Waals surface area contributed by atoms with Crippen LogP contribution in [0.25, 0.3) is 11.4 Å². The quantitative estimate of drug-likeness (QED) is 0.729. The van der Waals surface area contributed by atoms with Crippen molar-refractivity contribution in [3.05, 3.63) is 28.5 Å². The summed E-state index contributed by atoms with van der Waals surface area (Å²) in [5.41, 5.74) is -0.566. The van der Waals surface area contributed by atoms with Crippen molar-refractivity contribution in [2.75, 3.05) is 0 Å². The third kappa shape index (κ3) is 3.12. The minimum atomic E-state index is -4.10. The van der Waals surface area contributed by atoms with Gasteiger partial charge in [-0.05, 0) is 48.8 Å². The van der Waals surface area contributed by atoms with Crippen molar-refractivity contribution in [2.24, 2.45) is 0 Å². The SMILES string of the molecule is CC(C)(C)n1c(-c2cccc(Br)c2F)nnc1S(=O)(=O)Cl. The molecule has 0 atom stereocenters. The molecule has 0 saturated heterocycles. The Balaban J connectivity index is 2.83. The zero-order chi connectivity index (χ0) is 16.0. The van der Waals surface area contributed by atoms with Crippen LogP contribution in [0.3, 0.4) is 0 Å². The molecule has 1 heterocycles. The highest BCUT2D eigenvalue weighted by atomic mass is 79.9. The second-order valence-corrected chi connectivity index (χ2v) is 8.67. The molecule has 0 N–H and O–H groups in total. The molecule has 0 spiro atoms. The summed E-state index contributed by atoms with van der Waals surface area (Å²) in [4.78, 5) is 0. The van der Waals surface area contributed by atoms with E-state index in [-0.39, 0.29) is 15.9 Å². The average Bonchev–Trinajstić information content (AvgIpc) is 2.76. The lowest BCUT2D eigenvalue weighted by Gasteiger charge is -2.24. The number of hydrogen-bond donors (Lipinski definition) is 0. The van der Waals surface area contributed by atoms with Gasteiger partial charge in [-0.15, -0.1) is 10.2 Å². The van der Waals surface area contributed by atoms with Gasteiger partial charge in [0.05, 0.1) is 10.0 Å². The van der Waals surface area contributed by atoms with Crippen molar-refractivity contribution in [3.8, 4) is 11.4 Å². The van der Waals surface area contributed by atoms with E-state index in [1.807, 2.05) is 0 Å². The fraction of sp³-hybridized carbons (Fsp3) is 0.333. The summed E-state index contributed by atoms with van der Waals surface area (Å²) < 4.78 is 39.1. The van der Waals surface area contributed by atoms with Crippen LogP contribution in [0.1, 0.15) is 20.8 Å². The first-order valence-corrected chi connectivity index (χ1v) is 8.98. The first-order valence-electron chi connectivity index (χ1n) is 5.88. The number of hydrogen-bond acceptors (Lipinski definition) is 4. The van der Waals surface area contributed by atoms with Crippen LogP contribution >= 0.6 is 26.6 Å². The lowest BCUT2D eigenvalue weighted by Crippen LogP contribution is -2.26. The van der Waals surface area contributed by atoms with Crippen LogP contribution in [-0.4, -0.2) is 23.2 Å². The first kappa shape index (κ1) is 16.4. The predicted octanol–water partition coefficient (Wildman–Crippen LogP) is 3.53. The van der Waals surface area contributed by atoms with Crippen LogP contribution < -0.4 is 0 Å². The molecule has 0 unspecified atom stereocenters. The Bertz CT molecular complexity index is 799. The van der Waals surface area contributed by atoms with E-state index in [0.717, 1.165) is 0 Å². The minimum Gasteiger partial charge on any atom is -0.291 e. The summed E-state index contributed by atoms with van der Waals surface area (Å²) in [6, 6.07) is 4.66. The number of rotatable bonds is 2. The van der Waals surface area contributed by atoms with Gasteiger partial charge in [-0.3, -0.25) is 4.57 Å². The van der Waals surface area contributed by atoms with E-state index < -0.39 is 25.6 Å². The molecule has 114 valence electrons. The maximum Gasteiger partial charge on any atom is 0.296 e. The van der Waals surface area contributed by atoms with E-state index in [1.165, 1.54) is 16.7 Å². The largest absolute Gasteiger partial charge is 0.296 e. The molecular formula is C12H12BrClFN3O2S. The second-order valence-electron chi connectivity index (χ2n) is 5.35. The second kappa shape index (κ2) is 5.33. The molecular weight excluding hydrogens is 385 g/mol. The highest BCUT2D eigenvalue weighted by Gasteiger charge is 2.31. The number of nitrogens with zero attached hydrogens (tertiary/aromatic N) is 3. The van der Waals surface area contributed by atoms with E-state index in [1.54, 1.807) is 26.8 Å². The minimum absolute atomic E-state index is 0.0977. The lowest BCUT2D eigenvalue weighted by molar-refractivity contribution is 0.366. The molecule has 0 radical (unpaired) electrons. The summed E-state index contributed by atoms with van der Waals surface area (Å²) in [7, 11) is 1.29. The van der Waals surface area contributed by atoms with E-state index >= 15 is 0 Å². The van der Waals surface area contributed by atoms with Gasteiger partial charge < -0.3 is 0 Å². The summed E-state index contributed by atoms with van der Waals surface area (Å²) in [5.74, 6) is -0.450. The standard InChI is InChI=1S/C12H12BrClFN3O2S/c1-12(2,3)18-10(16-17-11(18)21(14,19)20)7-5-4-6-8(13)9(7)15/h4-6H,1-3H3. The molecule has 0 bridgehead atoms. The van der Waals surface area contributed by atoms with Crippen LogP contribution in [0.5, 0.6) is 0 Å². The van der Waals surface area contributed by atoms with Gasteiger partial charge in [0.1, 0.15) is 5.82 Å². The number of aromatic nitrogens is 3. The summed E-state index contributed by atoms with van der Waals surface area (Å²) >= 11 is 3.09. The predicted molar refractivity (Wildman–Crippen MR) is 81.2 cm³/mol. The lowest BCUT2D eigenvalue weighted by atomic mass is 10.1. The topological polar surface area (TPSA) is 64.8 Å². The highest BCUT2D eigenvalue weighted by molar-refractivity contribution is 9.10. The van der Waals surface area contributed by atoms with Crippen molar-refractivity contribution in [1.29, 1.82) is 0 Å². The van der Waals surface area contributed by atoms with E-state index in [0.29, 0.717) is 0 Å². The van der Waals surface area contributed by atoms with Crippen LogP contribution in [0.4, 0.5) is 4.39 Å². The molecule has 0 saturated carbocycles. The molecule has 0 fully saturated rings. The van der Waals surface area contributed by atoms with Crippen molar-refractivity contribution < 1.29 is 12.8 Å². The maximum absolute atomic E-state index is 14.3. The molecule has 0 aliphatic heterocycles. The summed E-state index contributed by atoms with van der Waals surface area (Å²) in [6.07, 6.45) is 0. The van der Waals surface area contributed by atoms with Crippen molar-refractivity contribution in [1.82, 2.24) is 14.8 Å². The Morgan fingerprint density at radius 3 is 2.43 bits per heavy atom.